The van der Waals surface area contributed by atoms with Gasteiger partial charge in [0.25, 0.3) is 0 Å². The third-order valence-corrected chi connectivity index (χ3v) is 3.50. The topological polar surface area (TPSA) is 37.8 Å². The lowest BCUT2D eigenvalue weighted by Gasteiger charge is -1.98. The van der Waals surface area contributed by atoms with Crippen molar-refractivity contribution in [1.82, 2.24) is 10.2 Å². The summed E-state index contributed by atoms with van der Waals surface area (Å²) in [6, 6.07) is 7.64. The van der Waals surface area contributed by atoms with Gasteiger partial charge in [-0.05, 0) is 18.6 Å². The van der Waals surface area contributed by atoms with E-state index in [1.807, 2.05) is 24.3 Å². The number of halogens is 1. The van der Waals surface area contributed by atoms with E-state index in [4.69, 9.17) is 11.6 Å². The summed E-state index contributed by atoms with van der Waals surface area (Å²) in [6.07, 6.45) is 2.33. The summed E-state index contributed by atoms with van der Waals surface area (Å²) in [5.41, 5.74) is 1.05. The van der Waals surface area contributed by atoms with E-state index in [1.165, 1.54) is 6.42 Å². The highest BCUT2D eigenvalue weighted by Crippen LogP contribution is 2.27. The normalized spacial score (nSPS) is 10.5. The predicted octanol–water partition coefficient (Wildman–Crippen LogP) is 4.07. The Morgan fingerprint density at radius 1 is 1.24 bits per heavy atom. The molecule has 17 heavy (non-hydrogen) atoms. The fourth-order valence-electron chi connectivity index (χ4n) is 1.38. The monoisotopic (exact) mass is 267 g/mol. The summed E-state index contributed by atoms with van der Waals surface area (Å²) < 4.78 is 0. The smallest absolute Gasteiger partial charge is 0.206 e. The molecule has 0 bridgehead atoms. The Hall–Kier alpha value is -1.13. The zero-order valence-corrected chi connectivity index (χ0v) is 11.2. The molecule has 0 spiro atoms. The van der Waals surface area contributed by atoms with Crippen LogP contribution in [0.4, 0.5) is 5.13 Å². The quantitative estimate of drug-likeness (QED) is 0.830. The van der Waals surface area contributed by atoms with Gasteiger partial charge in [0.15, 0.2) is 0 Å². The lowest BCUT2D eigenvalue weighted by Crippen LogP contribution is -1.99. The van der Waals surface area contributed by atoms with Crippen molar-refractivity contribution in [3.8, 4) is 10.6 Å². The van der Waals surface area contributed by atoms with Gasteiger partial charge in [-0.1, -0.05) is 48.4 Å². The molecule has 0 saturated carbocycles. The molecule has 0 atom stereocenters. The predicted molar refractivity (Wildman–Crippen MR) is 73.8 cm³/mol. The first kappa shape index (κ1) is 12.3. The molecule has 0 fully saturated rings. The lowest BCUT2D eigenvalue weighted by molar-refractivity contribution is 0.831. The molecule has 1 N–H and O–H groups in total. The number of benzene rings is 1. The minimum atomic E-state index is 0.736. The van der Waals surface area contributed by atoms with Gasteiger partial charge in [0, 0.05) is 17.1 Å². The van der Waals surface area contributed by atoms with Crippen molar-refractivity contribution in [2.24, 2.45) is 0 Å². The summed E-state index contributed by atoms with van der Waals surface area (Å²) in [4.78, 5) is 0. The number of rotatable bonds is 5. The van der Waals surface area contributed by atoms with Crippen molar-refractivity contribution < 1.29 is 0 Å². The molecule has 0 aliphatic heterocycles. The van der Waals surface area contributed by atoms with Crippen molar-refractivity contribution in [3.05, 3.63) is 29.3 Å². The Morgan fingerprint density at radius 2 is 2.00 bits per heavy atom. The number of hydrogen-bond donors (Lipinski definition) is 1. The summed E-state index contributed by atoms with van der Waals surface area (Å²) in [5, 5.41) is 14.1. The van der Waals surface area contributed by atoms with Gasteiger partial charge < -0.3 is 5.32 Å². The molecular formula is C12H14ClN3S. The second-order valence-electron chi connectivity index (χ2n) is 3.70. The van der Waals surface area contributed by atoms with Gasteiger partial charge in [-0.25, -0.2) is 0 Å². The summed E-state index contributed by atoms with van der Waals surface area (Å²) in [6.45, 7) is 3.12. The molecule has 1 aromatic carbocycles. The van der Waals surface area contributed by atoms with Crippen LogP contribution in [0.2, 0.25) is 5.02 Å². The number of unbranched alkanes of at least 4 members (excludes halogenated alkanes) is 1. The van der Waals surface area contributed by atoms with Crippen molar-refractivity contribution in [2.75, 3.05) is 11.9 Å². The highest BCUT2D eigenvalue weighted by Gasteiger charge is 2.05. The van der Waals surface area contributed by atoms with Crippen LogP contribution in [0, 0.1) is 0 Å². The van der Waals surface area contributed by atoms with Crippen molar-refractivity contribution >= 4 is 28.1 Å². The maximum atomic E-state index is 5.84. The molecule has 0 saturated heterocycles. The largest absolute Gasteiger partial charge is 0.360 e. The fraction of sp³-hybridized carbons (Fsp3) is 0.333. The molecule has 2 aromatic rings. The van der Waals surface area contributed by atoms with Crippen LogP contribution >= 0.6 is 22.9 Å². The van der Waals surface area contributed by atoms with Gasteiger partial charge in [0.05, 0.1) is 0 Å². The fourth-order valence-corrected chi connectivity index (χ4v) is 2.28. The van der Waals surface area contributed by atoms with Crippen LogP contribution in [-0.2, 0) is 0 Å². The molecule has 0 amide bonds. The van der Waals surface area contributed by atoms with Crippen LogP contribution in [0.5, 0.6) is 0 Å². The van der Waals surface area contributed by atoms with Gasteiger partial charge in [0.1, 0.15) is 5.01 Å². The average Bonchev–Trinajstić information content (AvgIpc) is 2.79. The number of nitrogens with zero attached hydrogens (tertiary/aromatic N) is 2. The van der Waals surface area contributed by atoms with Gasteiger partial charge in [-0.3, -0.25) is 0 Å². The number of anilines is 1. The SMILES string of the molecule is CCCCNc1nnc(-c2ccc(Cl)cc2)s1. The van der Waals surface area contributed by atoms with Crippen molar-refractivity contribution in [2.45, 2.75) is 19.8 Å². The Kier molecular flexibility index (Phi) is 4.34. The Bertz CT molecular complexity index is 467. The third kappa shape index (κ3) is 3.41. The highest BCUT2D eigenvalue weighted by molar-refractivity contribution is 7.18. The Labute approximate surface area is 110 Å². The van der Waals surface area contributed by atoms with Crippen LogP contribution in [0.15, 0.2) is 24.3 Å². The summed E-state index contributed by atoms with van der Waals surface area (Å²) >= 11 is 7.41. The van der Waals surface area contributed by atoms with E-state index in [1.54, 1.807) is 11.3 Å². The van der Waals surface area contributed by atoms with E-state index in [0.717, 1.165) is 33.7 Å². The van der Waals surface area contributed by atoms with Crippen LogP contribution in [-0.4, -0.2) is 16.7 Å². The van der Waals surface area contributed by atoms with Crippen molar-refractivity contribution in [3.63, 3.8) is 0 Å². The standard InChI is InChI=1S/C12H14ClN3S/c1-2-3-8-14-12-16-15-11(17-12)9-4-6-10(13)7-5-9/h4-7H,2-3,8H2,1H3,(H,14,16). The minimum Gasteiger partial charge on any atom is -0.360 e. The second-order valence-corrected chi connectivity index (χ2v) is 5.11. The van der Waals surface area contributed by atoms with Gasteiger partial charge in [0.2, 0.25) is 5.13 Å². The van der Waals surface area contributed by atoms with Gasteiger partial charge >= 0.3 is 0 Å². The second kappa shape index (κ2) is 5.98. The maximum absolute atomic E-state index is 5.84. The third-order valence-electron chi connectivity index (χ3n) is 2.32. The number of nitrogens with one attached hydrogen (secondary N) is 1. The van der Waals surface area contributed by atoms with Crippen LogP contribution in [0.25, 0.3) is 10.6 Å². The molecule has 90 valence electrons. The molecule has 5 heteroatoms. The van der Waals surface area contributed by atoms with E-state index < -0.39 is 0 Å². The zero-order valence-electron chi connectivity index (χ0n) is 9.61. The van der Waals surface area contributed by atoms with Crippen LogP contribution in [0.1, 0.15) is 19.8 Å². The van der Waals surface area contributed by atoms with Gasteiger partial charge in [-0.2, -0.15) is 0 Å². The zero-order chi connectivity index (χ0) is 12.1. The molecule has 1 heterocycles. The molecule has 0 unspecified atom stereocenters. The van der Waals surface area contributed by atoms with E-state index in [2.05, 4.69) is 22.4 Å². The molecular weight excluding hydrogens is 254 g/mol. The first-order chi connectivity index (χ1) is 8.29. The van der Waals surface area contributed by atoms with E-state index in [0.29, 0.717) is 0 Å². The minimum absolute atomic E-state index is 0.736. The summed E-state index contributed by atoms with van der Waals surface area (Å²) in [7, 11) is 0. The summed E-state index contributed by atoms with van der Waals surface area (Å²) in [5.74, 6) is 0. The molecule has 3 nitrogen and oxygen atoms in total. The first-order valence-electron chi connectivity index (χ1n) is 5.63. The molecule has 0 radical (unpaired) electrons. The van der Waals surface area contributed by atoms with Gasteiger partial charge in [-0.15, -0.1) is 10.2 Å². The van der Waals surface area contributed by atoms with Crippen LogP contribution in [0.3, 0.4) is 0 Å². The lowest BCUT2D eigenvalue weighted by atomic mass is 10.2. The molecule has 0 aliphatic rings. The Morgan fingerprint density at radius 3 is 2.71 bits per heavy atom. The van der Waals surface area contributed by atoms with Crippen LogP contribution < -0.4 is 5.32 Å². The number of hydrogen-bond acceptors (Lipinski definition) is 4. The molecule has 1 aromatic heterocycles. The van der Waals surface area contributed by atoms with E-state index in [9.17, 15) is 0 Å². The number of aromatic nitrogens is 2. The average molecular weight is 268 g/mol. The first-order valence-corrected chi connectivity index (χ1v) is 6.82. The Balaban J connectivity index is 2.04. The van der Waals surface area contributed by atoms with Crippen molar-refractivity contribution in [1.29, 1.82) is 0 Å². The molecule has 2 rings (SSSR count). The highest BCUT2D eigenvalue weighted by atomic mass is 35.5. The van der Waals surface area contributed by atoms with E-state index >= 15 is 0 Å². The van der Waals surface area contributed by atoms with E-state index in [-0.39, 0.29) is 0 Å². The molecule has 0 aliphatic carbocycles. The maximum Gasteiger partial charge on any atom is 0.206 e.